The molecule has 3 rings (SSSR count). The summed E-state index contributed by atoms with van der Waals surface area (Å²) in [7, 11) is 0. The predicted molar refractivity (Wildman–Crippen MR) is 93.3 cm³/mol. The molecule has 0 aliphatic carbocycles. The van der Waals surface area contributed by atoms with E-state index in [9.17, 15) is 20.0 Å². The maximum Gasteiger partial charge on any atom is 0.294 e. The van der Waals surface area contributed by atoms with Crippen LogP contribution in [-0.4, -0.2) is 28.2 Å². The lowest BCUT2D eigenvalue weighted by atomic mass is 10.00. The molecule has 128 valence electrons. The molecule has 8 nitrogen and oxygen atoms in total. The molecule has 0 fully saturated rings. The Morgan fingerprint density at radius 1 is 1.36 bits per heavy atom. The number of aromatic hydroxyl groups is 1. The molecule has 0 bridgehead atoms. The largest absolute Gasteiger partial charge is 0.507 e. The average Bonchev–Trinajstić information content (AvgIpc) is 2.59. The van der Waals surface area contributed by atoms with E-state index >= 15 is 0 Å². The number of carbonyl (C=O) groups is 1. The van der Waals surface area contributed by atoms with Crippen molar-refractivity contribution in [1.82, 2.24) is 5.43 Å². The van der Waals surface area contributed by atoms with Crippen LogP contribution in [0, 0.1) is 10.1 Å². The van der Waals surface area contributed by atoms with E-state index in [-0.39, 0.29) is 22.0 Å². The number of halogens is 1. The van der Waals surface area contributed by atoms with Crippen LogP contribution in [0.1, 0.15) is 22.3 Å². The van der Waals surface area contributed by atoms with E-state index in [1.807, 2.05) is 0 Å². The molecule has 1 aliphatic heterocycles. The molecular formula is C16H13ClN4O4. The number of amides is 1. The van der Waals surface area contributed by atoms with E-state index in [4.69, 9.17) is 11.6 Å². The van der Waals surface area contributed by atoms with Gasteiger partial charge >= 0.3 is 0 Å². The number of para-hydroxylation sites is 1. The number of hydrogen-bond acceptors (Lipinski definition) is 6. The number of anilines is 1. The van der Waals surface area contributed by atoms with Gasteiger partial charge in [-0.2, -0.15) is 5.10 Å². The summed E-state index contributed by atoms with van der Waals surface area (Å²) in [5, 5.41) is 28.1. The number of fused-ring (bicyclic) bond motifs is 1. The Morgan fingerprint density at radius 3 is 2.84 bits per heavy atom. The third-order valence-electron chi connectivity index (χ3n) is 3.69. The van der Waals surface area contributed by atoms with E-state index in [1.165, 1.54) is 18.2 Å². The van der Waals surface area contributed by atoms with Crippen LogP contribution in [0.5, 0.6) is 5.75 Å². The summed E-state index contributed by atoms with van der Waals surface area (Å²) >= 11 is 5.96. The van der Waals surface area contributed by atoms with Crippen molar-refractivity contribution in [2.24, 2.45) is 5.10 Å². The number of nitro groups is 1. The molecular weight excluding hydrogens is 348 g/mol. The molecule has 0 saturated carbocycles. The first-order chi connectivity index (χ1) is 12.0. The van der Waals surface area contributed by atoms with Crippen molar-refractivity contribution in [1.29, 1.82) is 0 Å². The van der Waals surface area contributed by atoms with Gasteiger partial charge in [-0.3, -0.25) is 14.9 Å². The zero-order valence-electron chi connectivity index (χ0n) is 12.8. The minimum Gasteiger partial charge on any atom is -0.507 e. The normalized spacial score (nSPS) is 14.5. The molecule has 1 amide bonds. The highest BCUT2D eigenvalue weighted by Gasteiger charge is 2.25. The van der Waals surface area contributed by atoms with Crippen molar-refractivity contribution in [3.63, 3.8) is 0 Å². The topological polar surface area (TPSA) is 117 Å². The monoisotopic (exact) mass is 360 g/mol. The summed E-state index contributed by atoms with van der Waals surface area (Å²) in [4.78, 5) is 22.8. The number of nitrogens with zero attached hydrogens (tertiary/aromatic N) is 2. The van der Waals surface area contributed by atoms with Crippen LogP contribution >= 0.6 is 11.6 Å². The van der Waals surface area contributed by atoms with Crippen LogP contribution in [-0.2, 0) is 0 Å². The number of nitrogens with one attached hydrogen (secondary N) is 2. The lowest BCUT2D eigenvalue weighted by Crippen LogP contribution is -2.25. The zero-order valence-corrected chi connectivity index (χ0v) is 13.6. The minimum absolute atomic E-state index is 0.0816. The van der Waals surface area contributed by atoms with Gasteiger partial charge in [0.15, 0.2) is 0 Å². The second-order valence-electron chi connectivity index (χ2n) is 5.30. The Labute approximate surface area is 147 Å². The van der Waals surface area contributed by atoms with Gasteiger partial charge in [0, 0.05) is 29.6 Å². The average molecular weight is 361 g/mol. The summed E-state index contributed by atoms with van der Waals surface area (Å²) in [6.45, 7) is 0.431. The van der Waals surface area contributed by atoms with E-state index < -0.39 is 10.8 Å². The van der Waals surface area contributed by atoms with Gasteiger partial charge in [0.2, 0.25) is 0 Å². The molecule has 3 N–H and O–H groups in total. The molecule has 9 heteroatoms. The van der Waals surface area contributed by atoms with Crippen molar-refractivity contribution in [2.45, 2.75) is 6.42 Å². The van der Waals surface area contributed by atoms with Gasteiger partial charge in [-0.15, -0.1) is 0 Å². The second-order valence-corrected chi connectivity index (χ2v) is 5.73. The van der Waals surface area contributed by atoms with Crippen molar-refractivity contribution in [3.8, 4) is 5.75 Å². The maximum absolute atomic E-state index is 12.1. The van der Waals surface area contributed by atoms with E-state index in [1.54, 1.807) is 18.2 Å². The van der Waals surface area contributed by atoms with Crippen LogP contribution in [0.15, 0.2) is 41.5 Å². The van der Waals surface area contributed by atoms with Gasteiger partial charge in [0.1, 0.15) is 11.4 Å². The lowest BCUT2D eigenvalue weighted by Gasteiger charge is -2.20. The quantitative estimate of drug-likeness (QED) is 0.574. The Balaban J connectivity index is 1.93. The highest BCUT2D eigenvalue weighted by atomic mass is 35.5. The molecule has 0 unspecified atom stereocenters. The second kappa shape index (κ2) is 6.78. The number of benzene rings is 2. The standard InChI is InChI=1S/C16H13ClN4O4/c17-9-7-11-12(5-6-18-15(11)13(8-9)21(24)25)19-20-16(23)10-3-1-2-4-14(10)22/h1-4,7-8,18,22H,5-6H2,(H,20,23)/b19-12+. The van der Waals surface area contributed by atoms with Crippen molar-refractivity contribution in [3.05, 3.63) is 62.7 Å². The van der Waals surface area contributed by atoms with E-state index in [0.29, 0.717) is 29.9 Å². The van der Waals surface area contributed by atoms with Gasteiger partial charge in [0.05, 0.1) is 16.2 Å². The molecule has 25 heavy (non-hydrogen) atoms. The summed E-state index contributed by atoms with van der Waals surface area (Å²) < 4.78 is 0. The van der Waals surface area contributed by atoms with Crippen LogP contribution in [0.25, 0.3) is 0 Å². The van der Waals surface area contributed by atoms with E-state index in [2.05, 4.69) is 15.8 Å². The highest BCUT2D eigenvalue weighted by Crippen LogP contribution is 2.35. The first-order valence-electron chi connectivity index (χ1n) is 7.34. The van der Waals surface area contributed by atoms with Crippen LogP contribution in [0.4, 0.5) is 11.4 Å². The van der Waals surface area contributed by atoms with Crippen LogP contribution < -0.4 is 10.7 Å². The van der Waals surface area contributed by atoms with Crippen molar-refractivity contribution >= 4 is 34.6 Å². The fourth-order valence-electron chi connectivity index (χ4n) is 2.55. The minimum atomic E-state index is -0.581. The molecule has 0 spiro atoms. The number of hydrazone groups is 1. The molecule has 1 heterocycles. The molecule has 2 aromatic rings. The number of hydrogen-bond donors (Lipinski definition) is 3. The molecule has 0 aromatic heterocycles. The highest BCUT2D eigenvalue weighted by molar-refractivity contribution is 6.31. The van der Waals surface area contributed by atoms with Gasteiger partial charge in [0.25, 0.3) is 11.6 Å². The number of nitro benzene ring substituents is 1. The van der Waals surface area contributed by atoms with Crippen molar-refractivity contribution < 1.29 is 14.8 Å². The van der Waals surface area contributed by atoms with Gasteiger partial charge in [-0.05, 0) is 18.2 Å². The third-order valence-corrected chi connectivity index (χ3v) is 3.91. The lowest BCUT2D eigenvalue weighted by molar-refractivity contribution is -0.384. The summed E-state index contributed by atoms with van der Waals surface area (Å²) in [5.74, 6) is -0.744. The van der Waals surface area contributed by atoms with Gasteiger partial charge in [-0.1, -0.05) is 23.7 Å². The number of phenols is 1. The van der Waals surface area contributed by atoms with Gasteiger partial charge < -0.3 is 10.4 Å². The predicted octanol–water partition coefficient (Wildman–Crippen LogP) is 2.90. The molecule has 0 atom stereocenters. The zero-order chi connectivity index (χ0) is 18.0. The third kappa shape index (κ3) is 3.38. The van der Waals surface area contributed by atoms with Gasteiger partial charge in [-0.25, -0.2) is 5.43 Å². The SMILES string of the molecule is O=C(N/N=C1\CCNc2c1cc(Cl)cc2[N+](=O)[O-])c1ccccc1O. The fraction of sp³-hybridized carbons (Fsp3) is 0.125. The summed E-state index contributed by atoms with van der Waals surface area (Å²) in [5.41, 5.74) is 3.54. The van der Waals surface area contributed by atoms with Crippen molar-refractivity contribution in [2.75, 3.05) is 11.9 Å². The Kier molecular flexibility index (Phi) is 4.53. The maximum atomic E-state index is 12.1. The first-order valence-corrected chi connectivity index (χ1v) is 7.72. The molecule has 2 aromatic carbocycles. The summed E-state index contributed by atoms with van der Waals surface area (Å²) in [6.07, 6.45) is 0.450. The van der Waals surface area contributed by atoms with E-state index in [0.717, 1.165) is 0 Å². The Morgan fingerprint density at radius 2 is 2.12 bits per heavy atom. The van der Waals surface area contributed by atoms with Crippen LogP contribution in [0.2, 0.25) is 5.02 Å². The Hall–Kier alpha value is -3.13. The molecule has 0 saturated heterocycles. The Bertz CT molecular complexity index is 898. The summed E-state index contributed by atoms with van der Waals surface area (Å²) in [6, 6.07) is 8.89. The first kappa shape index (κ1) is 16.7. The number of phenolic OH excluding ortho intramolecular Hbond substituents is 1. The number of rotatable bonds is 3. The molecule has 1 aliphatic rings. The molecule has 0 radical (unpaired) electrons. The smallest absolute Gasteiger partial charge is 0.294 e. The van der Waals surface area contributed by atoms with Crippen LogP contribution in [0.3, 0.4) is 0 Å². The fourth-order valence-corrected chi connectivity index (χ4v) is 2.76. The number of carbonyl (C=O) groups excluding carboxylic acids is 1.